The Hall–Kier alpha value is -2.33. The molecular weight excluding hydrogens is 326 g/mol. The van der Waals surface area contributed by atoms with Crippen LogP contribution in [0.5, 0.6) is 0 Å². The summed E-state index contributed by atoms with van der Waals surface area (Å²) >= 11 is 5.89. The van der Waals surface area contributed by atoms with Crippen LogP contribution in [0.3, 0.4) is 0 Å². The minimum Gasteiger partial charge on any atom is -0.478 e. The molecule has 0 radical (unpaired) electrons. The molecule has 1 saturated carbocycles. The van der Waals surface area contributed by atoms with Crippen molar-refractivity contribution in [3.05, 3.63) is 69.7 Å². The van der Waals surface area contributed by atoms with Crippen LogP contribution >= 0.6 is 11.6 Å². The molecule has 2 N–H and O–H groups in total. The molecule has 0 aliphatic heterocycles. The van der Waals surface area contributed by atoms with Gasteiger partial charge in [-0.15, -0.1) is 0 Å². The topological polar surface area (TPSA) is 66.4 Å². The quantitative estimate of drug-likeness (QED) is 0.881. The normalized spacial score (nSPS) is 19.4. The number of carboxylic acids is 1. The van der Waals surface area contributed by atoms with E-state index in [9.17, 15) is 9.59 Å². The van der Waals surface area contributed by atoms with Gasteiger partial charge in [0.05, 0.1) is 5.56 Å². The molecule has 2 aromatic carbocycles. The van der Waals surface area contributed by atoms with Crippen molar-refractivity contribution in [2.75, 3.05) is 0 Å². The van der Waals surface area contributed by atoms with Gasteiger partial charge in [0.25, 0.3) is 5.91 Å². The fraction of sp³-hybridized carbons (Fsp3) is 0.263. The molecule has 0 saturated heterocycles. The Morgan fingerprint density at radius 3 is 2.33 bits per heavy atom. The first-order valence-corrected chi connectivity index (χ1v) is 8.21. The lowest BCUT2D eigenvalue weighted by Crippen LogP contribution is -2.43. The average Bonchev–Trinajstić information content (AvgIpc) is 2.50. The number of amides is 1. The summed E-state index contributed by atoms with van der Waals surface area (Å²) in [5.41, 5.74) is 2.51. The molecule has 0 aromatic heterocycles. The molecular formula is C19H18ClNO3. The maximum Gasteiger partial charge on any atom is 0.335 e. The van der Waals surface area contributed by atoms with E-state index in [4.69, 9.17) is 16.7 Å². The van der Waals surface area contributed by atoms with Crippen LogP contribution in [0.4, 0.5) is 0 Å². The first-order valence-electron chi connectivity index (χ1n) is 7.83. The van der Waals surface area contributed by atoms with E-state index in [0.717, 1.165) is 23.4 Å². The van der Waals surface area contributed by atoms with Gasteiger partial charge in [-0.1, -0.05) is 23.7 Å². The molecule has 24 heavy (non-hydrogen) atoms. The van der Waals surface area contributed by atoms with E-state index in [1.54, 1.807) is 19.1 Å². The van der Waals surface area contributed by atoms with E-state index < -0.39 is 5.97 Å². The van der Waals surface area contributed by atoms with Gasteiger partial charge in [-0.25, -0.2) is 4.79 Å². The number of carbonyl (C=O) groups excluding carboxylic acids is 1. The van der Waals surface area contributed by atoms with Crippen LogP contribution in [-0.2, 0) is 0 Å². The largest absolute Gasteiger partial charge is 0.478 e. The molecule has 1 fully saturated rings. The number of carboxylic acid groups (broad SMARTS) is 1. The molecule has 5 heteroatoms. The van der Waals surface area contributed by atoms with Gasteiger partial charge in [0.15, 0.2) is 0 Å². The van der Waals surface area contributed by atoms with Gasteiger partial charge in [0.2, 0.25) is 0 Å². The van der Waals surface area contributed by atoms with Crippen molar-refractivity contribution < 1.29 is 14.7 Å². The number of carbonyl (C=O) groups is 2. The highest BCUT2D eigenvalue weighted by Gasteiger charge is 2.31. The Bertz CT molecular complexity index is 780. The monoisotopic (exact) mass is 343 g/mol. The third-order valence-electron chi connectivity index (χ3n) is 4.40. The average molecular weight is 344 g/mol. The molecule has 0 bridgehead atoms. The maximum absolute atomic E-state index is 12.3. The highest BCUT2D eigenvalue weighted by molar-refractivity contribution is 6.30. The van der Waals surface area contributed by atoms with Crippen LogP contribution in [0.25, 0.3) is 0 Å². The third-order valence-corrected chi connectivity index (χ3v) is 4.65. The molecule has 0 spiro atoms. The molecule has 2 aromatic rings. The molecule has 0 heterocycles. The lowest BCUT2D eigenvalue weighted by atomic mass is 9.76. The SMILES string of the molecule is Cc1cc(C(=O)O)cc(C(=O)NC2CC(c3ccc(Cl)cc3)C2)c1. The molecule has 0 atom stereocenters. The zero-order valence-corrected chi connectivity index (χ0v) is 14.0. The summed E-state index contributed by atoms with van der Waals surface area (Å²) in [7, 11) is 0. The van der Waals surface area contributed by atoms with Crippen LogP contribution in [0.15, 0.2) is 42.5 Å². The standard InChI is InChI=1S/C19H18ClNO3/c1-11-6-14(8-15(7-11)19(23)24)18(22)21-17-9-13(10-17)12-2-4-16(20)5-3-12/h2-8,13,17H,9-10H2,1H3,(H,21,22)(H,23,24). The fourth-order valence-electron chi connectivity index (χ4n) is 3.05. The predicted octanol–water partition coefficient (Wildman–Crippen LogP) is 4.02. The van der Waals surface area contributed by atoms with Crippen molar-refractivity contribution in [1.29, 1.82) is 0 Å². The Morgan fingerprint density at radius 1 is 1.08 bits per heavy atom. The summed E-state index contributed by atoms with van der Waals surface area (Å²) in [6.45, 7) is 1.78. The Balaban J connectivity index is 1.61. The van der Waals surface area contributed by atoms with Gasteiger partial charge in [0.1, 0.15) is 0 Å². The predicted molar refractivity (Wildman–Crippen MR) is 92.8 cm³/mol. The van der Waals surface area contributed by atoms with Crippen LogP contribution in [0.1, 0.15) is 50.6 Å². The second-order valence-electron chi connectivity index (χ2n) is 6.28. The Labute approximate surface area is 145 Å². The number of aromatic carboxylic acids is 1. The summed E-state index contributed by atoms with van der Waals surface area (Å²) in [5, 5.41) is 12.8. The van der Waals surface area contributed by atoms with E-state index in [0.29, 0.717) is 11.5 Å². The number of hydrogen-bond donors (Lipinski definition) is 2. The van der Waals surface area contributed by atoms with Crippen LogP contribution in [-0.4, -0.2) is 23.0 Å². The molecule has 4 nitrogen and oxygen atoms in total. The number of rotatable bonds is 4. The van der Waals surface area contributed by atoms with Gasteiger partial charge in [-0.2, -0.15) is 0 Å². The zero-order chi connectivity index (χ0) is 17.3. The number of hydrogen-bond acceptors (Lipinski definition) is 2. The van der Waals surface area contributed by atoms with Gasteiger partial charge in [0, 0.05) is 16.6 Å². The van der Waals surface area contributed by atoms with Gasteiger partial charge in [-0.3, -0.25) is 4.79 Å². The van der Waals surface area contributed by atoms with Crippen molar-refractivity contribution in [1.82, 2.24) is 5.32 Å². The highest BCUT2D eigenvalue weighted by atomic mass is 35.5. The van der Waals surface area contributed by atoms with Crippen LogP contribution in [0.2, 0.25) is 5.02 Å². The second-order valence-corrected chi connectivity index (χ2v) is 6.72. The van der Waals surface area contributed by atoms with Crippen molar-refractivity contribution in [2.45, 2.75) is 31.7 Å². The Morgan fingerprint density at radius 2 is 1.71 bits per heavy atom. The van der Waals surface area contributed by atoms with E-state index >= 15 is 0 Å². The van der Waals surface area contributed by atoms with Crippen molar-refractivity contribution in [3.63, 3.8) is 0 Å². The summed E-state index contributed by atoms with van der Waals surface area (Å²) in [6.07, 6.45) is 1.76. The number of nitrogens with one attached hydrogen (secondary N) is 1. The summed E-state index contributed by atoms with van der Waals surface area (Å²) in [6, 6.07) is 12.6. The first-order chi connectivity index (χ1) is 11.4. The Kier molecular flexibility index (Phi) is 4.58. The summed E-state index contributed by atoms with van der Waals surface area (Å²) in [5.74, 6) is -0.820. The maximum atomic E-state index is 12.3. The van der Waals surface area contributed by atoms with E-state index in [-0.39, 0.29) is 17.5 Å². The minimum absolute atomic E-state index is 0.118. The number of benzene rings is 2. The molecule has 1 aliphatic carbocycles. The fourth-order valence-corrected chi connectivity index (χ4v) is 3.18. The van der Waals surface area contributed by atoms with Gasteiger partial charge >= 0.3 is 5.97 Å². The first kappa shape index (κ1) is 16.5. The highest BCUT2D eigenvalue weighted by Crippen LogP contribution is 2.37. The molecule has 3 rings (SSSR count). The second kappa shape index (κ2) is 6.65. The number of halogens is 1. The molecule has 124 valence electrons. The van der Waals surface area contributed by atoms with Gasteiger partial charge in [-0.05, 0) is 67.1 Å². The van der Waals surface area contributed by atoms with E-state index in [1.165, 1.54) is 11.6 Å². The van der Waals surface area contributed by atoms with Crippen molar-refractivity contribution in [2.24, 2.45) is 0 Å². The summed E-state index contributed by atoms with van der Waals surface area (Å²) in [4.78, 5) is 23.4. The third kappa shape index (κ3) is 3.60. The van der Waals surface area contributed by atoms with Crippen LogP contribution < -0.4 is 5.32 Å². The molecule has 1 aliphatic rings. The van der Waals surface area contributed by atoms with E-state index in [2.05, 4.69) is 5.32 Å². The molecule has 1 amide bonds. The summed E-state index contributed by atoms with van der Waals surface area (Å²) < 4.78 is 0. The van der Waals surface area contributed by atoms with Gasteiger partial charge < -0.3 is 10.4 Å². The lowest BCUT2D eigenvalue weighted by Gasteiger charge is -2.36. The molecule has 0 unspecified atom stereocenters. The number of aryl methyl sites for hydroxylation is 1. The van der Waals surface area contributed by atoms with Crippen molar-refractivity contribution in [3.8, 4) is 0 Å². The smallest absolute Gasteiger partial charge is 0.335 e. The lowest BCUT2D eigenvalue weighted by molar-refractivity contribution is 0.0696. The van der Waals surface area contributed by atoms with Crippen molar-refractivity contribution >= 4 is 23.5 Å². The van der Waals surface area contributed by atoms with Crippen LogP contribution in [0, 0.1) is 6.92 Å². The zero-order valence-electron chi connectivity index (χ0n) is 13.3. The van der Waals surface area contributed by atoms with E-state index in [1.807, 2.05) is 24.3 Å². The minimum atomic E-state index is -1.03.